The average molecular weight is 579 g/mol. The van der Waals surface area contributed by atoms with Crippen molar-refractivity contribution in [2.24, 2.45) is 10.8 Å². The molecule has 43 heavy (non-hydrogen) atoms. The third-order valence-corrected chi connectivity index (χ3v) is 11.2. The Labute approximate surface area is 251 Å². The molecule has 8 heteroatoms. The van der Waals surface area contributed by atoms with Crippen molar-refractivity contribution in [3.63, 3.8) is 0 Å². The van der Waals surface area contributed by atoms with Crippen LogP contribution in [0.2, 0.25) is 0 Å². The molecule has 2 saturated heterocycles. The van der Waals surface area contributed by atoms with E-state index in [4.69, 9.17) is 9.47 Å². The van der Waals surface area contributed by atoms with E-state index in [1.165, 1.54) is 12.7 Å². The zero-order chi connectivity index (χ0) is 29.5. The molecule has 5 aliphatic carbocycles. The highest BCUT2D eigenvalue weighted by Crippen LogP contribution is 2.70. The van der Waals surface area contributed by atoms with E-state index in [1.807, 2.05) is 29.2 Å². The SMILES string of the molecule is COc1ncc(-c2cccc(N(CC34CCC(c5ccc(C6(C#N)CC6)cc5)(CC3)OC4)C(=O)C34CC(F)(C3)C4)c2)cn1. The van der Waals surface area contributed by atoms with Gasteiger partial charge in [0.1, 0.15) is 5.67 Å². The summed E-state index contributed by atoms with van der Waals surface area (Å²) in [5.41, 5.74) is 2.35. The minimum absolute atomic E-state index is 0.0361. The van der Waals surface area contributed by atoms with Crippen LogP contribution in [-0.2, 0) is 20.5 Å². The fourth-order valence-corrected chi connectivity index (χ4v) is 8.24. The maximum atomic E-state index is 14.6. The van der Waals surface area contributed by atoms with Gasteiger partial charge < -0.3 is 14.4 Å². The van der Waals surface area contributed by atoms with Gasteiger partial charge in [0.05, 0.1) is 36.2 Å². The lowest BCUT2D eigenvalue weighted by molar-refractivity contribution is -0.213. The number of nitriles is 1. The van der Waals surface area contributed by atoms with Gasteiger partial charge in [-0.05, 0) is 86.6 Å². The van der Waals surface area contributed by atoms with E-state index in [-0.39, 0.29) is 22.3 Å². The topological polar surface area (TPSA) is 88.3 Å². The Morgan fingerprint density at radius 1 is 0.977 bits per heavy atom. The maximum absolute atomic E-state index is 14.6. The highest BCUT2D eigenvalue weighted by molar-refractivity contribution is 6.00. The molecular weight excluding hydrogens is 543 g/mol. The molecule has 10 rings (SSSR count). The molecule has 7 fully saturated rings. The van der Waals surface area contributed by atoms with Gasteiger partial charge in [0.25, 0.3) is 0 Å². The second-order valence-electron chi connectivity index (χ2n) is 13.9. The summed E-state index contributed by atoms with van der Waals surface area (Å²) in [6.07, 6.45) is 9.98. The molecule has 7 aliphatic rings. The predicted octanol–water partition coefficient (Wildman–Crippen LogP) is 6.42. The van der Waals surface area contributed by atoms with Crippen LogP contribution in [0.25, 0.3) is 11.1 Å². The van der Waals surface area contributed by atoms with E-state index >= 15 is 0 Å². The minimum atomic E-state index is -1.15. The van der Waals surface area contributed by atoms with Gasteiger partial charge in [-0.1, -0.05) is 36.4 Å². The first-order chi connectivity index (χ1) is 20.7. The van der Waals surface area contributed by atoms with Crippen LogP contribution in [0.4, 0.5) is 10.1 Å². The van der Waals surface area contributed by atoms with Gasteiger partial charge in [0.2, 0.25) is 5.91 Å². The molecule has 3 heterocycles. The molecule has 220 valence electrons. The quantitative estimate of drug-likeness (QED) is 0.307. The van der Waals surface area contributed by atoms with Crippen LogP contribution in [0.3, 0.4) is 0 Å². The molecule has 2 aliphatic heterocycles. The molecular formula is C35H35FN4O3. The number of hydrogen-bond acceptors (Lipinski definition) is 6. The number of aromatic nitrogens is 2. The molecule has 0 N–H and O–H groups in total. The number of alkyl halides is 1. The molecule has 2 aromatic carbocycles. The smallest absolute Gasteiger partial charge is 0.316 e. The Balaban J connectivity index is 1.05. The van der Waals surface area contributed by atoms with Crippen LogP contribution in [0, 0.1) is 22.2 Å². The van der Waals surface area contributed by atoms with E-state index in [0.717, 1.165) is 60.9 Å². The zero-order valence-electron chi connectivity index (χ0n) is 24.4. The number of fused-ring (bicyclic) bond motifs is 3. The van der Waals surface area contributed by atoms with Crippen molar-refractivity contribution in [2.45, 2.75) is 74.5 Å². The maximum Gasteiger partial charge on any atom is 0.316 e. The number of carbonyl (C=O) groups is 1. The van der Waals surface area contributed by atoms with Gasteiger partial charge in [0.15, 0.2) is 0 Å². The van der Waals surface area contributed by atoms with Crippen molar-refractivity contribution in [1.82, 2.24) is 9.97 Å². The first-order valence-corrected chi connectivity index (χ1v) is 15.4. The first kappa shape index (κ1) is 26.8. The molecule has 0 unspecified atom stereocenters. The zero-order valence-corrected chi connectivity index (χ0v) is 24.4. The highest BCUT2D eigenvalue weighted by Gasteiger charge is 2.73. The number of methoxy groups -OCH3 is 1. The van der Waals surface area contributed by atoms with Crippen LogP contribution < -0.4 is 9.64 Å². The second-order valence-corrected chi connectivity index (χ2v) is 13.9. The summed E-state index contributed by atoms with van der Waals surface area (Å²) in [5.74, 6) is 0.0361. The van der Waals surface area contributed by atoms with Crippen LogP contribution in [0.5, 0.6) is 6.01 Å². The summed E-state index contributed by atoms with van der Waals surface area (Å²) in [6.45, 7) is 1.13. The number of carbonyl (C=O) groups excluding carboxylic acids is 1. The van der Waals surface area contributed by atoms with E-state index in [2.05, 4.69) is 40.3 Å². The molecule has 1 aromatic heterocycles. The number of nitrogens with zero attached hydrogens (tertiary/aromatic N) is 4. The highest BCUT2D eigenvalue weighted by atomic mass is 19.1. The van der Waals surface area contributed by atoms with Crippen molar-refractivity contribution in [3.05, 3.63) is 72.1 Å². The lowest BCUT2D eigenvalue weighted by Gasteiger charge is -2.65. The van der Waals surface area contributed by atoms with Gasteiger partial charge in [-0.25, -0.2) is 14.4 Å². The van der Waals surface area contributed by atoms with Crippen LogP contribution in [0.15, 0.2) is 60.9 Å². The number of rotatable bonds is 8. The van der Waals surface area contributed by atoms with Gasteiger partial charge >= 0.3 is 6.01 Å². The van der Waals surface area contributed by atoms with E-state index in [9.17, 15) is 14.4 Å². The summed E-state index contributed by atoms with van der Waals surface area (Å²) >= 11 is 0. The van der Waals surface area contributed by atoms with Gasteiger partial charge in [-0.15, -0.1) is 0 Å². The summed E-state index contributed by atoms with van der Waals surface area (Å²) in [5, 5.41) is 9.60. The third-order valence-electron chi connectivity index (χ3n) is 11.2. The number of anilines is 1. The van der Waals surface area contributed by atoms with Crippen molar-refractivity contribution < 1.29 is 18.7 Å². The van der Waals surface area contributed by atoms with Crippen molar-refractivity contribution in [1.29, 1.82) is 5.26 Å². The normalized spacial score (nSPS) is 32.6. The summed E-state index contributed by atoms with van der Waals surface area (Å²) in [4.78, 5) is 24.6. The Morgan fingerprint density at radius 2 is 1.65 bits per heavy atom. The molecule has 0 atom stereocenters. The monoisotopic (exact) mass is 578 g/mol. The Bertz CT molecular complexity index is 1600. The molecule has 4 bridgehead atoms. The lowest BCUT2D eigenvalue weighted by atomic mass is 9.41. The fraction of sp³-hybridized carbons (Fsp3) is 0.486. The number of amides is 1. The lowest BCUT2D eigenvalue weighted by Crippen LogP contribution is -2.71. The number of hydrogen-bond donors (Lipinski definition) is 0. The Morgan fingerprint density at radius 3 is 2.21 bits per heavy atom. The van der Waals surface area contributed by atoms with Crippen molar-refractivity contribution in [3.8, 4) is 23.2 Å². The molecule has 1 amide bonds. The summed E-state index contributed by atoms with van der Waals surface area (Å²) < 4.78 is 26.4. The first-order valence-electron chi connectivity index (χ1n) is 15.4. The Hall–Kier alpha value is -3.83. The fourth-order valence-electron chi connectivity index (χ4n) is 8.24. The van der Waals surface area contributed by atoms with Gasteiger partial charge in [-0.2, -0.15) is 5.26 Å². The summed E-state index contributed by atoms with van der Waals surface area (Å²) in [6, 6.07) is 19.3. The molecule has 3 aromatic rings. The van der Waals surface area contributed by atoms with Crippen molar-refractivity contribution in [2.75, 3.05) is 25.2 Å². The van der Waals surface area contributed by atoms with E-state index in [1.54, 1.807) is 12.4 Å². The number of benzene rings is 2. The van der Waals surface area contributed by atoms with Crippen LogP contribution >= 0.6 is 0 Å². The van der Waals surface area contributed by atoms with Crippen LogP contribution in [0.1, 0.15) is 68.9 Å². The standard InChI is InChI=1S/C35H35FN4O3/c1-42-30-38-16-25(17-39-30)24-3-2-4-28(15-24)40(29(41)33-18-34(36,19-33)20-33)22-31-9-13-35(14-10-31,43-23-31)27-7-5-26(6-8-27)32(21-37)11-12-32/h2-8,15-17H,9-14,18-20,22-23H2,1H3. The largest absolute Gasteiger partial charge is 0.467 e. The Kier molecular flexibility index (Phi) is 5.66. The molecule has 7 nitrogen and oxygen atoms in total. The van der Waals surface area contributed by atoms with Gasteiger partial charge in [-0.3, -0.25) is 4.79 Å². The predicted molar refractivity (Wildman–Crippen MR) is 158 cm³/mol. The average Bonchev–Trinajstić information content (AvgIpc) is 3.84. The number of halogens is 1. The minimum Gasteiger partial charge on any atom is -0.467 e. The van der Waals surface area contributed by atoms with E-state index in [0.29, 0.717) is 38.4 Å². The molecule has 0 radical (unpaired) electrons. The second kappa shape index (κ2) is 9.09. The third kappa shape index (κ3) is 4.11. The van der Waals surface area contributed by atoms with Crippen LogP contribution in [-0.4, -0.2) is 41.8 Å². The van der Waals surface area contributed by atoms with E-state index < -0.39 is 11.1 Å². The van der Waals surface area contributed by atoms with Crippen molar-refractivity contribution >= 4 is 11.6 Å². The number of ether oxygens (including phenoxy) is 2. The molecule has 5 saturated carbocycles. The summed E-state index contributed by atoms with van der Waals surface area (Å²) in [7, 11) is 1.53. The van der Waals surface area contributed by atoms with Gasteiger partial charge in [0, 0.05) is 35.6 Å². The molecule has 0 spiro atoms.